The van der Waals surface area contributed by atoms with Crippen LogP contribution in [0.15, 0.2) is 0 Å². The third-order valence-corrected chi connectivity index (χ3v) is 5.54. The first kappa shape index (κ1) is 12.0. The second-order valence-electron chi connectivity index (χ2n) is 6.50. The molecule has 1 saturated carbocycles. The molecular formula is C15H28N2. The summed E-state index contributed by atoms with van der Waals surface area (Å²) in [4.78, 5) is 2.82. The highest BCUT2D eigenvalue weighted by Gasteiger charge is 2.37. The maximum atomic E-state index is 3.73. The molecule has 1 aliphatic carbocycles. The van der Waals surface area contributed by atoms with Crippen molar-refractivity contribution >= 4 is 0 Å². The Morgan fingerprint density at radius 2 is 1.88 bits per heavy atom. The van der Waals surface area contributed by atoms with Crippen LogP contribution in [0.25, 0.3) is 0 Å². The predicted octanol–water partition coefficient (Wildman–Crippen LogP) is 2.64. The predicted molar refractivity (Wildman–Crippen MR) is 72.1 cm³/mol. The topological polar surface area (TPSA) is 15.3 Å². The van der Waals surface area contributed by atoms with Gasteiger partial charge in [0.05, 0.1) is 0 Å². The molecule has 2 heterocycles. The second kappa shape index (κ2) is 5.27. The fraction of sp³-hybridized carbons (Fsp3) is 1.00. The molecule has 0 unspecified atom stereocenters. The van der Waals surface area contributed by atoms with Crippen molar-refractivity contribution in [1.82, 2.24) is 10.2 Å². The Bertz CT molecular complexity index is 231. The molecule has 2 atom stereocenters. The van der Waals surface area contributed by atoms with Crippen LogP contribution in [-0.4, -0.2) is 36.6 Å². The van der Waals surface area contributed by atoms with E-state index in [0.717, 1.165) is 23.9 Å². The Hall–Kier alpha value is -0.0800. The van der Waals surface area contributed by atoms with Crippen LogP contribution >= 0.6 is 0 Å². The van der Waals surface area contributed by atoms with Crippen LogP contribution in [0, 0.1) is 11.8 Å². The van der Waals surface area contributed by atoms with Crippen molar-refractivity contribution in [3.63, 3.8) is 0 Å². The normalized spacial score (nSPS) is 43.6. The molecule has 17 heavy (non-hydrogen) atoms. The molecule has 0 aromatic carbocycles. The average Bonchev–Trinajstić information content (AvgIpc) is 2.82. The fourth-order valence-corrected chi connectivity index (χ4v) is 4.30. The van der Waals surface area contributed by atoms with Gasteiger partial charge >= 0.3 is 0 Å². The van der Waals surface area contributed by atoms with Gasteiger partial charge in [0.2, 0.25) is 0 Å². The number of fused-ring (bicyclic) bond motifs is 1. The van der Waals surface area contributed by atoms with Gasteiger partial charge in [-0.1, -0.05) is 13.3 Å². The highest BCUT2D eigenvalue weighted by atomic mass is 15.2. The number of hydrogen-bond acceptors (Lipinski definition) is 2. The molecule has 98 valence electrons. The van der Waals surface area contributed by atoms with Gasteiger partial charge < -0.3 is 5.32 Å². The van der Waals surface area contributed by atoms with Crippen LogP contribution in [-0.2, 0) is 0 Å². The number of hydrogen-bond donors (Lipinski definition) is 1. The molecule has 3 aliphatic rings. The third-order valence-electron chi connectivity index (χ3n) is 5.54. The molecule has 0 aromatic heterocycles. The first-order valence-corrected chi connectivity index (χ1v) is 7.84. The van der Waals surface area contributed by atoms with Gasteiger partial charge in [0.1, 0.15) is 0 Å². The molecule has 0 amide bonds. The van der Waals surface area contributed by atoms with E-state index in [4.69, 9.17) is 0 Å². The zero-order chi connectivity index (χ0) is 11.7. The lowest BCUT2D eigenvalue weighted by molar-refractivity contribution is 0.157. The maximum Gasteiger partial charge on any atom is 0.0235 e. The van der Waals surface area contributed by atoms with Crippen LogP contribution in [0.2, 0.25) is 0 Å². The van der Waals surface area contributed by atoms with Crippen LogP contribution < -0.4 is 5.32 Å². The molecule has 1 N–H and O–H groups in total. The number of piperidine rings is 1. The van der Waals surface area contributed by atoms with Gasteiger partial charge in [0, 0.05) is 25.2 Å². The van der Waals surface area contributed by atoms with E-state index in [-0.39, 0.29) is 0 Å². The van der Waals surface area contributed by atoms with Gasteiger partial charge in [-0.15, -0.1) is 0 Å². The van der Waals surface area contributed by atoms with Crippen molar-refractivity contribution < 1.29 is 0 Å². The molecule has 3 fully saturated rings. The minimum Gasteiger partial charge on any atom is -0.312 e. The summed E-state index contributed by atoms with van der Waals surface area (Å²) in [6.45, 7) is 6.35. The lowest BCUT2D eigenvalue weighted by atomic mass is 9.84. The first-order chi connectivity index (χ1) is 8.36. The molecule has 2 nitrogen and oxygen atoms in total. The summed E-state index contributed by atoms with van der Waals surface area (Å²) in [7, 11) is 0. The van der Waals surface area contributed by atoms with E-state index in [1.54, 1.807) is 0 Å². The van der Waals surface area contributed by atoms with Crippen molar-refractivity contribution in [1.29, 1.82) is 0 Å². The molecule has 2 saturated heterocycles. The summed E-state index contributed by atoms with van der Waals surface area (Å²) in [5.41, 5.74) is 0. The monoisotopic (exact) mass is 236 g/mol. The Morgan fingerprint density at radius 3 is 2.59 bits per heavy atom. The Labute approximate surface area is 106 Å². The lowest BCUT2D eigenvalue weighted by Crippen LogP contribution is -2.41. The zero-order valence-corrected chi connectivity index (χ0v) is 11.3. The third kappa shape index (κ3) is 2.53. The maximum absolute atomic E-state index is 3.73. The van der Waals surface area contributed by atoms with Crippen LogP contribution in [0.3, 0.4) is 0 Å². The van der Waals surface area contributed by atoms with Crippen LogP contribution in [0.5, 0.6) is 0 Å². The largest absolute Gasteiger partial charge is 0.312 e. The van der Waals surface area contributed by atoms with Gasteiger partial charge in [-0.2, -0.15) is 0 Å². The summed E-state index contributed by atoms with van der Waals surface area (Å²) in [5, 5.41) is 3.73. The summed E-state index contributed by atoms with van der Waals surface area (Å²) >= 11 is 0. The van der Waals surface area contributed by atoms with Crippen molar-refractivity contribution in [2.45, 2.75) is 64.0 Å². The highest BCUT2D eigenvalue weighted by molar-refractivity contribution is 4.95. The number of nitrogens with one attached hydrogen (secondary N) is 1. The van der Waals surface area contributed by atoms with E-state index in [1.165, 1.54) is 64.6 Å². The molecule has 2 heteroatoms. The summed E-state index contributed by atoms with van der Waals surface area (Å²) in [6, 6.07) is 1.75. The Morgan fingerprint density at radius 1 is 1.06 bits per heavy atom. The highest BCUT2D eigenvalue weighted by Crippen LogP contribution is 2.33. The molecular weight excluding hydrogens is 208 g/mol. The van der Waals surface area contributed by atoms with Gasteiger partial charge in [0.15, 0.2) is 0 Å². The number of rotatable bonds is 2. The van der Waals surface area contributed by atoms with Gasteiger partial charge in [-0.3, -0.25) is 4.90 Å². The zero-order valence-electron chi connectivity index (χ0n) is 11.3. The quantitative estimate of drug-likeness (QED) is 0.793. The molecule has 3 rings (SSSR count). The van der Waals surface area contributed by atoms with Crippen molar-refractivity contribution in [3.05, 3.63) is 0 Å². The van der Waals surface area contributed by atoms with Gasteiger partial charge in [-0.25, -0.2) is 0 Å². The molecule has 0 bridgehead atoms. The molecule has 0 aromatic rings. The SMILES string of the molecule is CCC1CCC(N2C[C@@H]3CCCN[C@@H]3C2)CC1. The van der Waals surface area contributed by atoms with E-state index in [2.05, 4.69) is 17.1 Å². The first-order valence-electron chi connectivity index (χ1n) is 7.84. The minimum absolute atomic E-state index is 0.827. The summed E-state index contributed by atoms with van der Waals surface area (Å²) in [5.74, 6) is 2.00. The van der Waals surface area contributed by atoms with E-state index < -0.39 is 0 Å². The van der Waals surface area contributed by atoms with Crippen LogP contribution in [0.4, 0.5) is 0 Å². The summed E-state index contributed by atoms with van der Waals surface area (Å²) in [6.07, 6.45) is 10.2. The van der Waals surface area contributed by atoms with E-state index in [0.29, 0.717) is 0 Å². The standard InChI is InChI=1S/C15H28N2/c1-2-12-5-7-14(8-6-12)17-10-13-4-3-9-16-15(13)11-17/h12-16H,2-11H2,1H3/t12?,13-,14?,15+/m0/s1. The molecule has 0 radical (unpaired) electrons. The van der Waals surface area contributed by atoms with Crippen molar-refractivity contribution in [3.8, 4) is 0 Å². The molecule has 0 spiro atoms. The lowest BCUT2D eigenvalue weighted by Gasteiger charge is -2.34. The van der Waals surface area contributed by atoms with Crippen LogP contribution in [0.1, 0.15) is 51.9 Å². The van der Waals surface area contributed by atoms with E-state index >= 15 is 0 Å². The second-order valence-corrected chi connectivity index (χ2v) is 6.50. The van der Waals surface area contributed by atoms with E-state index in [9.17, 15) is 0 Å². The summed E-state index contributed by atoms with van der Waals surface area (Å²) < 4.78 is 0. The van der Waals surface area contributed by atoms with Gasteiger partial charge in [-0.05, 0) is 56.9 Å². The number of likely N-dealkylation sites (tertiary alicyclic amines) is 1. The fourth-order valence-electron chi connectivity index (χ4n) is 4.30. The van der Waals surface area contributed by atoms with Crippen molar-refractivity contribution in [2.75, 3.05) is 19.6 Å². The average molecular weight is 236 g/mol. The molecule has 2 aliphatic heterocycles. The number of nitrogens with zero attached hydrogens (tertiary/aromatic N) is 1. The van der Waals surface area contributed by atoms with Gasteiger partial charge in [0.25, 0.3) is 0 Å². The Kier molecular flexibility index (Phi) is 3.72. The van der Waals surface area contributed by atoms with Crippen molar-refractivity contribution in [2.24, 2.45) is 11.8 Å². The Balaban J connectivity index is 1.52. The van der Waals surface area contributed by atoms with E-state index in [1.807, 2.05) is 0 Å². The minimum atomic E-state index is 0.827. The smallest absolute Gasteiger partial charge is 0.0235 e.